The van der Waals surface area contributed by atoms with Crippen LogP contribution >= 0.6 is 0 Å². The fourth-order valence-corrected chi connectivity index (χ4v) is 4.97. The van der Waals surface area contributed by atoms with Crippen LogP contribution in [-0.2, 0) is 28.6 Å². The summed E-state index contributed by atoms with van der Waals surface area (Å²) in [4.78, 5) is 22.7. The Balaban J connectivity index is 1.86. The zero-order chi connectivity index (χ0) is 17.2. The predicted molar refractivity (Wildman–Crippen MR) is 80.0 cm³/mol. The monoisotopic (exact) mass is 347 g/mol. The van der Waals surface area contributed by atoms with E-state index in [9.17, 15) is 18.0 Å². The van der Waals surface area contributed by atoms with E-state index in [4.69, 9.17) is 13.7 Å². The molecule has 0 aromatic carbocycles. The summed E-state index contributed by atoms with van der Waals surface area (Å²) in [5.74, 6) is -0.920. The van der Waals surface area contributed by atoms with Crippen LogP contribution in [0.2, 0.25) is 0 Å². The Bertz CT molecular complexity index is 588. The Morgan fingerprint density at radius 3 is 2.74 bits per heavy atom. The van der Waals surface area contributed by atoms with Gasteiger partial charge in [-0.05, 0) is 12.3 Å². The van der Waals surface area contributed by atoms with Crippen molar-refractivity contribution in [3.63, 3.8) is 0 Å². The molecular weight excluding hydrogens is 326 g/mol. The zero-order valence-electron chi connectivity index (χ0n) is 13.1. The number of hydrogen-bond acceptors (Lipinski definition) is 7. The van der Waals surface area contributed by atoms with Gasteiger partial charge >= 0.3 is 12.1 Å². The standard InChI is InChI=1S/C14H21NO7S/c1-4-11(16)20-6-5-15-14(17)21-12-8(2)7-10-9(3)13(12)22-23(10,18)19/h4,8-10,12-13H,1,5-7H2,2-3H3,(H,15,17). The summed E-state index contributed by atoms with van der Waals surface area (Å²) in [6, 6.07) is 0. The molecule has 1 aliphatic heterocycles. The number of alkyl carbamates (subject to hydrolysis) is 1. The number of carbonyl (C=O) groups is 2. The second kappa shape index (κ2) is 6.88. The maximum atomic E-state index is 11.9. The Morgan fingerprint density at radius 1 is 1.39 bits per heavy atom. The molecule has 2 fully saturated rings. The van der Waals surface area contributed by atoms with Crippen LogP contribution in [0.3, 0.4) is 0 Å². The zero-order valence-corrected chi connectivity index (χ0v) is 13.9. The van der Waals surface area contributed by atoms with Crippen LogP contribution < -0.4 is 5.32 Å². The minimum atomic E-state index is -3.59. The van der Waals surface area contributed by atoms with Crippen LogP contribution in [0.5, 0.6) is 0 Å². The highest BCUT2D eigenvalue weighted by Gasteiger charge is 2.56. The Kier molecular flexibility index (Phi) is 5.30. The first kappa shape index (κ1) is 17.7. The van der Waals surface area contributed by atoms with Gasteiger partial charge in [0.15, 0.2) is 0 Å². The van der Waals surface area contributed by atoms with E-state index in [2.05, 4.69) is 11.9 Å². The van der Waals surface area contributed by atoms with Gasteiger partial charge in [-0.25, -0.2) is 9.59 Å². The molecule has 0 aromatic rings. The van der Waals surface area contributed by atoms with E-state index in [0.29, 0.717) is 6.42 Å². The van der Waals surface area contributed by atoms with Gasteiger partial charge in [0.2, 0.25) is 0 Å². The van der Waals surface area contributed by atoms with Crippen LogP contribution in [0, 0.1) is 11.8 Å². The third-order valence-corrected chi connectivity index (χ3v) is 6.09. The van der Waals surface area contributed by atoms with Gasteiger partial charge in [0.05, 0.1) is 11.8 Å². The Hall–Kier alpha value is -1.61. The van der Waals surface area contributed by atoms with Crippen molar-refractivity contribution in [3.05, 3.63) is 12.7 Å². The van der Waals surface area contributed by atoms with Crippen molar-refractivity contribution in [2.45, 2.75) is 37.7 Å². The molecule has 2 rings (SSSR count). The maximum Gasteiger partial charge on any atom is 0.407 e. The van der Waals surface area contributed by atoms with Gasteiger partial charge in [0.25, 0.3) is 10.1 Å². The van der Waals surface area contributed by atoms with Crippen LogP contribution in [0.25, 0.3) is 0 Å². The first-order valence-electron chi connectivity index (χ1n) is 7.42. The molecular formula is C14H21NO7S. The summed E-state index contributed by atoms with van der Waals surface area (Å²) in [5.41, 5.74) is 0. The lowest BCUT2D eigenvalue weighted by molar-refractivity contribution is -0.137. The molecule has 1 amide bonds. The minimum absolute atomic E-state index is 0.00699. The summed E-state index contributed by atoms with van der Waals surface area (Å²) in [6.45, 7) is 6.95. The fraction of sp³-hybridized carbons (Fsp3) is 0.714. The second-order valence-electron chi connectivity index (χ2n) is 5.83. The molecule has 0 aromatic heterocycles. The van der Waals surface area contributed by atoms with Gasteiger partial charge in [-0.3, -0.25) is 4.18 Å². The van der Waals surface area contributed by atoms with Crippen molar-refractivity contribution < 1.29 is 31.7 Å². The molecule has 1 saturated heterocycles. The normalized spacial score (nSPS) is 34.4. The molecule has 23 heavy (non-hydrogen) atoms. The van der Waals surface area contributed by atoms with E-state index in [1.807, 2.05) is 6.92 Å². The van der Waals surface area contributed by atoms with Crippen LogP contribution in [0.15, 0.2) is 12.7 Å². The smallest absolute Gasteiger partial charge is 0.407 e. The van der Waals surface area contributed by atoms with Crippen molar-refractivity contribution in [2.75, 3.05) is 13.2 Å². The van der Waals surface area contributed by atoms with E-state index in [0.717, 1.165) is 6.08 Å². The lowest BCUT2D eigenvalue weighted by Crippen LogP contribution is -2.47. The third kappa shape index (κ3) is 3.84. The molecule has 1 N–H and O–H groups in total. The number of fused-ring (bicyclic) bond motifs is 2. The number of esters is 1. The predicted octanol–water partition coefficient (Wildman–Crippen LogP) is 0.583. The lowest BCUT2D eigenvalue weighted by Gasteiger charge is -2.34. The number of hydrogen-bond donors (Lipinski definition) is 1. The molecule has 0 radical (unpaired) electrons. The number of ether oxygens (including phenoxy) is 2. The van der Waals surface area contributed by atoms with E-state index < -0.39 is 39.6 Å². The van der Waals surface area contributed by atoms with E-state index in [1.54, 1.807) is 6.92 Å². The van der Waals surface area contributed by atoms with E-state index in [-0.39, 0.29) is 25.0 Å². The Morgan fingerprint density at radius 2 is 2.09 bits per heavy atom. The summed E-state index contributed by atoms with van der Waals surface area (Å²) in [6.07, 6.45) is -0.561. The molecule has 130 valence electrons. The topological polar surface area (TPSA) is 108 Å². The molecule has 1 heterocycles. The van der Waals surface area contributed by atoms with Gasteiger partial charge in [-0.1, -0.05) is 20.4 Å². The second-order valence-corrected chi connectivity index (χ2v) is 7.62. The average Bonchev–Trinajstić information content (AvgIpc) is 2.64. The third-order valence-electron chi connectivity index (χ3n) is 4.23. The minimum Gasteiger partial charge on any atom is -0.461 e. The van der Waals surface area contributed by atoms with Crippen LogP contribution in [-0.4, -0.2) is 51.1 Å². The number of carbonyl (C=O) groups excluding carboxylic acids is 2. The van der Waals surface area contributed by atoms with E-state index in [1.165, 1.54) is 0 Å². The summed E-state index contributed by atoms with van der Waals surface area (Å²) in [7, 11) is -3.59. The highest BCUT2D eigenvalue weighted by Crippen LogP contribution is 2.43. The number of nitrogens with one attached hydrogen (secondary N) is 1. The molecule has 2 aliphatic rings. The van der Waals surface area contributed by atoms with Crippen molar-refractivity contribution in [3.8, 4) is 0 Å². The molecule has 2 bridgehead atoms. The van der Waals surface area contributed by atoms with Crippen LogP contribution in [0.1, 0.15) is 20.3 Å². The lowest BCUT2D eigenvalue weighted by atomic mass is 9.79. The summed E-state index contributed by atoms with van der Waals surface area (Å²) >= 11 is 0. The average molecular weight is 347 g/mol. The van der Waals surface area contributed by atoms with Crippen molar-refractivity contribution in [1.29, 1.82) is 0 Å². The first-order chi connectivity index (χ1) is 10.8. The van der Waals surface area contributed by atoms with E-state index >= 15 is 0 Å². The number of rotatable bonds is 5. The molecule has 8 nitrogen and oxygen atoms in total. The summed E-state index contributed by atoms with van der Waals surface area (Å²) < 4.78 is 39.0. The SMILES string of the molecule is C=CC(=O)OCCNC(=O)OC1C(C)CC2C(C)C1OS2(=O)=O. The largest absolute Gasteiger partial charge is 0.461 e. The molecule has 1 saturated carbocycles. The van der Waals surface area contributed by atoms with Gasteiger partial charge in [0, 0.05) is 12.0 Å². The molecule has 0 spiro atoms. The van der Waals surface area contributed by atoms with Crippen LogP contribution in [0.4, 0.5) is 4.79 Å². The first-order valence-corrected chi connectivity index (χ1v) is 8.89. The van der Waals surface area contributed by atoms with Gasteiger partial charge in [-0.2, -0.15) is 8.42 Å². The maximum absolute atomic E-state index is 11.9. The summed E-state index contributed by atoms with van der Waals surface area (Å²) in [5, 5.41) is 1.91. The van der Waals surface area contributed by atoms with Gasteiger partial charge < -0.3 is 14.8 Å². The molecule has 5 unspecified atom stereocenters. The fourth-order valence-electron chi connectivity index (χ4n) is 3.01. The molecule has 5 atom stereocenters. The molecule has 9 heteroatoms. The number of amides is 1. The quantitative estimate of drug-likeness (QED) is 0.335. The van der Waals surface area contributed by atoms with Gasteiger partial charge in [0.1, 0.15) is 18.8 Å². The highest BCUT2D eigenvalue weighted by atomic mass is 32.2. The van der Waals surface area contributed by atoms with Gasteiger partial charge in [-0.15, -0.1) is 0 Å². The Labute approximate surface area is 135 Å². The van der Waals surface area contributed by atoms with Crippen molar-refractivity contribution in [2.24, 2.45) is 11.8 Å². The highest BCUT2D eigenvalue weighted by molar-refractivity contribution is 7.87. The molecule has 1 aliphatic carbocycles. The van der Waals surface area contributed by atoms with Crippen molar-refractivity contribution >= 4 is 22.2 Å². The van der Waals surface area contributed by atoms with Crippen molar-refractivity contribution in [1.82, 2.24) is 5.32 Å².